The number of rotatable bonds is 5. The normalized spacial score (nSPS) is 12.6. The first-order chi connectivity index (χ1) is 24.3. The zero-order valence-corrected chi connectivity index (χ0v) is 27.7. The quantitative estimate of drug-likeness (QED) is 0.144. The van der Waals surface area contributed by atoms with Crippen LogP contribution in [0.5, 0.6) is 5.75 Å². The molecule has 0 saturated carbocycles. The third-order valence-corrected chi connectivity index (χ3v) is 14.9. The highest BCUT2D eigenvalue weighted by Gasteiger charge is 2.41. The zero-order chi connectivity index (χ0) is 32.4. The molecule has 0 bridgehead atoms. The summed E-state index contributed by atoms with van der Waals surface area (Å²) in [6, 6.07) is 64.3. The molecule has 0 aliphatic carbocycles. The zero-order valence-electron chi connectivity index (χ0n) is 26.7. The third-order valence-electron chi connectivity index (χ3n) is 10.2. The monoisotopic (exact) mass is 645 g/mol. The second-order valence-corrected chi connectivity index (χ2v) is 16.5. The number of hydrogen-bond acceptors (Lipinski definition) is 2. The molecule has 0 N–H and O–H groups in total. The van der Waals surface area contributed by atoms with Gasteiger partial charge >= 0.3 is 0 Å². The van der Waals surface area contributed by atoms with Crippen LogP contribution < -0.4 is 25.5 Å². The number of para-hydroxylation sites is 3. The van der Waals surface area contributed by atoms with Crippen molar-refractivity contribution >= 4 is 61.7 Å². The van der Waals surface area contributed by atoms with E-state index >= 15 is 0 Å². The topological polar surface area (TPSA) is 32.0 Å². The van der Waals surface area contributed by atoms with Gasteiger partial charge in [-0.2, -0.15) is 0 Å². The van der Waals surface area contributed by atoms with E-state index in [1.165, 1.54) is 42.6 Å². The SMILES string of the molecule is c1ccc([Si](c2ccccc2)(c2ccccc2)c2ccc3c4ccccc4n(-c4ccc5c(c4)-n4c(nc6ccccc64)CO5)c3c2)cc1. The first kappa shape index (κ1) is 27.9. The minimum absolute atomic E-state index is 0.449. The lowest BCUT2D eigenvalue weighted by Gasteiger charge is -2.34. The minimum atomic E-state index is -2.73. The van der Waals surface area contributed by atoms with Crippen molar-refractivity contribution in [3.8, 4) is 17.1 Å². The van der Waals surface area contributed by atoms with E-state index < -0.39 is 8.07 Å². The van der Waals surface area contributed by atoms with Gasteiger partial charge in [0.2, 0.25) is 0 Å². The molecule has 0 amide bonds. The van der Waals surface area contributed by atoms with Crippen LogP contribution in [0.4, 0.5) is 0 Å². The molecule has 10 rings (SSSR count). The number of benzene rings is 7. The number of ether oxygens (including phenoxy) is 1. The van der Waals surface area contributed by atoms with Crippen molar-refractivity contribution in [3.63, 3.8) is 0 Å². The molecule has 0 spiro atoms. The summed E-state index contributed by atoms with van der Waals surface area (Å²) in [5, 5.41) is 7.90. The fraction of sp³-hybridized carbons (Fsp3) is 0.0227. The molecule has 2 aromatic heterocycles. The van der Waals surface area contributed by atoms with Gasteiger partial charge in [0.25, 0.3) is 0 Å². The van der Waals surface area contributed by atoms with Gasteiger partial charge in [-0.1, -0.05) is 133 Å². The average molecular weight is 646 g/mol. The van der Waals surface area contributed by atoms with Gasteiger partial charge < -0.3 is 9.30 Å². The molecule has 4 nitrogen and oxygen atoms in total. The van der Waals surface area contributed by atoms with Crippen LogP contribution in [0.1, 0.15) is 5.82 Å². The lowest BCUT2D eigenvalue weighted by atomic mass is 10.1. The Labute approximate surface area is 285 Å². The summed E-state index contributed by atoms with van der Waals surface area (Å²) in [6.45, 7) is 0.449. The molecule has 3 heterocycles. The molecule has 5 heteroatoms. The van der Waals surface area contributed by atoms with E-state index in [0.717, 1.165) is 34.0 Å². The largest absolute Gasteiger partial charge is 0.483 e. The van der Waals surface area contributed by atoms with E-state index in [2.05, 4.69) is 179 Å². The molecular formula is C44H31N3OSi. The van der Waals surface area contributed by atoms with Crippen molar-refractivity contribution < 1.29 is 4.74 Å². The number of imidazole rings is 1. The molecule has 7 aromatic carbocycles. The highest BCUT2D eigenvalue weighted by Crippen LogP contribution is 2.38. The Kier molecular flexibility index (Phi) is 6.23. The first-order valence-corrected chi connectivity index (χ1v) is 18.7. The van der Waals surface area contributed by atoms with Crippen LogP contribution in [0.15, 0.2) is 176 Å². The molecule has 1 aliphatic rings. The van der Waals surface area contributed by atoms with Crippen LogP contribution in [-0.2, 0) is 6.61 Å². The number of hydrogen-bond donors (Lipinski definition) is 0. The van der Waals surface area contributed by atoms with Gasteiger partial charge in [-0.3, -0.25) is 4.57 Å². The smallest absolute Gasteiger partial charge is 0.179 e. The third kappa shape index (κ3) is 4.12. The summed E-state index contributed by atoms with van der Waals surface area (Å²) in [6.07, 6.45) is 0. The maximum Gasteiger partial charge on any atom is 0.179 e. The molecule has 0 unspecified atom stereocenters. The van der Waals surface area contributed by atoms with Crippen LogP contribution >= 0.6 is 0 Å². The van der Waals surface area contributed by atoms with E-state index in [4.69, 9.17) is 9.72 Å². The van der Waals surface area contributed by atoms with Gasteiger partial charge in [-0.25, -0.2) is 4.98 Å². The van der Waals surface area contributed by atoms with Crippen molar-refractivity contribution in [1.29, 1.82) is 0 Å². The lowest BCUT2D eigenvalue weighted by molar-refractivity contribution is 0.280. The van der Waals surface area contributed by atoms with Gasteiger partial charge in [0.05, 0.1) is 27.8 Å². The Morgan fingerprint density at radius 1 is 0.469 bits per heavy atom. The summed E-state index contributed by atoms with van der Waals surface area (Å²) in [5.74, 6) is 1.78. The van der Waals surface area contributed by atoms with E-state index in [1.807, 2.05) is 6.07 Å². The second-order valence-electron chi connectivity index (χ2n) is 12.7. The minimum Gasteiger partial charge on any atom is -0.483 e. The fourth-order valence-electron chi connectivity index (χ4n) is 8.07. The van der Waals surface area contributed by atoms with E-state index in [9.17, 15) is 0 Å². The Bertz CT molecular complexity index is 2560. The van der Waals surface area contributed by atoms with Crippen molar-refractivity contribution in [1.82, 2.24) is 14.1 Å². The maximum atomic E-state index is 6.25. The van der Waals surface area contributed by atoms with Crippen molar-refractivity contribution in [2.45, 2.75) is 6.61 Å². The summed E-state index contributed by atoms with van der Waals surface area (Å²) < 4.78 is 10.9. The molecule has 0 saturated heterocycles. The number of fused-ring (bicyclic) bond motifs is 8. The summed E-state index contributed by atoms with van der Waals surface area (Å²) in [4.78, 5) is 4.91. The Hall–Kier alpha value is -6.17. The summed E-state index contributed by atoms with van der Waals surface area (Å²) in [7, 11) is -2.73. The van der Waals surface area contributed by atoms with Crippen molar-refractivity contribution in [2.75, 3.05) is 0 Å². The number of nitrogens with zero attached hydrogens (tertiary/aromatic N) is 3. The van der Waals surface area contributed by atoms with Crippen LogP contribution in [0.2, 0.25) is 0 Å². The fourth-order valence-corrected chi connectivity index (χ4v) is 12.8. The Morgan fingerprint density at radius 2 is 1.06 bits per heavy atom. The standard InChI is InChI=1S/C44H31N3OSi/c1-4-14-32(15-5-1)49(33-16-6-2-7-17-33,34-18-8-3-9-19-34)35-25-26-37-36-20-10-12-22-39(36)46(41(37)29-35)31-24-27-43-42(28-31)47-40-23-13-11-21-38(40)45-44(47)30-48-43/h1-29H,30H2. The van der Waals surface area contributed by atoms with E-state index in [-0.39, 0.29) is 0 Å². The van der Waals surface area contributed by atoms with E-state index in [1.54, 1.807) is 0 Å². The average Bonchev–Trinajstić information content (AvgIpc) is 3.72. The van der Waals surface area contributed by atoms with Crippen LogP contribution in [0.3, 0.4) is 0 Å². The Balaban J connectivity index is 1.28. The lowest BCUT2D eigenvalue weighted by Crippen LogP contribution is -2.74. The molecular weight excluding hydrogens is 615 g/mol. The predicted molar refractivity (Wildman–Crippen MR) is 203 cm³/mol. The molecule has 0 radical (unpaired) electrons. The van der Waals surface area contributed by atoms with Crippen LogP contribution in [-0.4, -0.2) is 22.2 Å². The van der Waals surface area contributed by atoms with Crippen molar-refractivity contribution in [2.24, 2.45) is 0 Å². The molecule has 0 atom stereocenters. The van der Waals surface area contributed by atoms with Gasteiger partial charge in [0.15, 0.2) is 13.9 Å². The summed E-state index contributed by atoms with van der Waals surface area (Å²) >= 11 is 0. The van der Waals surface area contributed by atoms with Crippen molar-refractivity contribution in [3.05, 3.63) is 182 Å². The highest BCUT2D eigenvalue weighted by atomic mass is 28.3. The highest BCUT2D eigenvalue weighted by molar-refractivity contribution is 7.20. The maximum absolute atomic E-state index is 6.25. The van der Waals surface area contributed by atoms with Gasteiger partial charge in [-0.15, -0.1) is 0 Å². The molecule has 1 aliphatic heterocycles. The molecule has 0 fully saturated rings. The van der Waals surface area contributed by atoms with Crippen LogP contribution in [0, 0.1) is 0 Å². The molecule has 9 aromatic rings. The Morgan fingerprint density at radius 3 is 1.76 bits per heavy atom. The van der Waals surface area contributed by atoms with E-state index in [0.29, 0.717) is 6.61 Å². The molecule has 49 heavy (non-hydrogen) atoms. The summed E-state index contributed by atoms with van der Waals surface area (Å²) in [5.41, 5.74) is 6.52. The molecule has 232 valence electrons. The van der Waals surface area contributed by atoms with Gasteiger partial charge in [0.1, 0.15) is 12.4 Å². The van der Waals surface area contributed by atoms with Gasteiger partial charge in [-0.05, 0) is 63.2 Å². The van der Waals surface area contributed by atoms with Crippen LogP contribution in [0.25, 0.3) is 44.2 Å². The van der Waals surface area contributed by atoms with Gasteiger partial charge in [0, 0.05) is 16.5 Å². The first-order valence-electron chi connectivity index (χ1n) is 16.7. The second kappa shape index (κ2) is 10.9. The number of aromatic nitrogens is 3. The predicted octanol–water partition coefficient (Wildman–Crippen LogP) is 7.39.